The van der Waals surface area contributed by atoms with Crippen LogP contribution in [-0.2, 0) is 20.6 Å². The van der Waals surface area contributed by atoms with Crippen molar-refractivity contribution in [2.45, 2.75) is 27.3 Å². The standard InChI is InChI=1S/C16H19N4O2.ClHO4/c1-6-20-12-8-10(3)9(2)7-11(12)18(4)14-13(20)15(21)19(5)16(22)17-14;2-1(3,4)5/h7-8H,6H2,1-5H3;(H,2,3,4,5)/q+1;/p-1. The van der Waals surface area contributed by atoms with Crippen molar-refractivity contribution in [3.8, 4) is 11.5 Å². The Morgan fingerprint density at radius 1 is 1.04 bits per heavy atom. The van der Waals surface area contributed by atoms with Gasteiger partial charge in [-0.25, -0.2) is 23.4 Å². The van der Waals surface area contributed by atoms with Crippen LogP contribution in [0.15, 0.2) is 21.7 Å². The molecule has 0 amide bonds. The van der Waals surface area contributed by atoms with E-state index in [9.17, 15) is 9.59 Å². The van der Waals surface area contributed by atoms with Crippen molar-refractivity contribution in [2.24, 2.45) is 14.1 Å². The Balaban J connectivity index is 0.000000465. The molecule has 2 aliphatic heterocycles. The quantitative estimate of drug-likeness (QED) is 0.298. The van der Waals surface area contributed by atoms with Crippen LogP contribution < -0.4 is 34.5 Å². The van der Waals surface area contributed by atoms with Gasteiger partial charge < -0.3 is 4.57 Å². The summed E-state index contributed by atoms with van der Waals surface area (Å²) in [6, 6.07) is 4.15. The van der Waals surface area contributed by atoms with E-state index in [1.807, 2.05) is 30.0 Å². The van der Waals surface area contributed by atoms with Gasteiger partial charge in [-0.05, 0) is 38.0 Å². The number of halogens is 1. The SMILES string of the molecule is CC[n+]1c2c(=O)n(C)c(=O)nc-2n(C)c2cc(C)c(C)cc21.[O-][Cl+3]([O-])([O-])[O-]. The molecule has 0 N–H and O–H groups in total. The molecule has 0 fully saturated rings. The van der Waals surface area contributed by atoms with Gasteiger partial charge >= 0.3 is 16.9 Å². The maximum atomic E-state index is 12.6. The zero-order chi connectivity index (χ0) is 20.7. The van der Waals surface area contributed by atoms with Gasteiger partial charge in [0.2, 0.25) is 11.3 Å². The Labute approximate surface area is 156 Å². The second kappa shape index (κ2) is 7.33. The van der Waals surface area contributed by atoms with Crippen molar-refractivity contribution in [1.29, 1.82) is 0 Å². The molecule has 3 rings (SSSR count). The van der Waals surface area contributed by atoms with E-state index in [0.717, 1.165) is 21.2 Å². The summed E-state index contributed by atoms with van der Waals surface area (Å²) in [7, 11) is -1.65. The summed E-state index contributed by atoms with van der Waals surface area (Å²) in [6.07, 6.45) is 0. The summed E-state index contributed by atoms with van der Waals surface area (Å²) >= 11 is 0. The van der Waals surface area contributed by atoms with E-state index in [4.69, 9.17) is 18.6 Å². The van der Waals surface area contributed by atoms with Crippen molar-refractivity contribution < 1.29 is 33.4 Å². The fourth-order valence-corrected chi connectivity index (χ4v) is 2.86. The number of aryl methyl sites for hydroxylation is 4. The van der Waals surface area contributed by atoms with Gasteiger partial charge in [-0.3, -0.25) is 9.36 Å². The number of aromatic nitrogens is 4. The van der Waals surface area contributed by atoms with Gasteiger partial charge in [0, 0.05) is 20.2 Å². The van der Waals surface area contributed by atoms with Gasteiger partial charge in [-0.2, -0.15) is 9.55 Å². The monoisotopic (exact) mass is 398 g/mol. The smallest absolute Gasteiger partial charge is 0.318 e. The molecular weight excluding hydrogens is 380 g/mol. The molecule has 146 valence electrons. The largest absolute Gasteiger partial charge is 0.352 e. The molecule has 0 spiro atoms. The molecule has 0 saturated carbocycles. The molecular formula is C16H19ClN4O6. The molecule has 2 aliphatic rings. The minimum atomic E-state index is -4.94. The van der Waals surface area contributed by atoms with Crippen molar-refractivity contribution >= 4 is 11.0 Å². The molecule has 1 aromatic rings. The maximum absolute atomic E-state index is 12.6. The van der Waals surface area contributed by atoms with Crippen LogP contribution in [0.25, 0.3) is 22.6 Å². The van der Waals surface area contributed by atoms with Crippen LogP contribution >= 0.6 is 0 Å². The predicted octanol–water partition coefficient (Wildman–Crippen LogP) is -4.09. The van der Waals surface area contributed by atoms with Crippen molar-refractivity contribution in [3.63, 3.8) is 0 Å². The van der Waals surface area contributed by atoms with Crippen molar-refractivity contribution in [2.75, 3.05) is 0 Å². The molecule has 2 heterocycles. The Kier molecular flexibility index (Phi) is 5.68. The highest BCUT2D eigenvalue weighted by molar-refractivity contribution is 5.77. The van der Waals surface area contributed by atoms with E-state index in [2.05, 4.69) is 24.0 Å². The van der Waals surface area contributed by atoms with Crippen LogP contribution in [0.5, 0.6) is 0 Å². The highest BCUT2D eigenvalue weighted by Crippen LogP contribution is 2.21. The highest BCUT2D eigenvalue weighted by Gasteiger charge is 2.29. The first-order chi connectivity index (χ1) is 12.4. The Morgan fingerprint density at radius 3 is 2.07 bits per heavy atom. The molecule has 0 aromatic heterocycles. The summed E-state index contributed by atoms with van der Waals surface area (Å²) in [5, 5.41) is 0. The lowest BCUT2D eigenvalue weighted by atomic mass is 10.1. The fraction of sp³-hybridized carbons (Fsp3) is 0.375. The highest BCUT2D eigenvalue weighted by atomic mass is 35.7. The minimum Gasteiger partial charge on any atom is -0.318 e. The zero-order valence-corrected chi connectivity index (χ0v) is 16.2. The third-order valence-electron chi connectivity index (χ3n) is 4.35. The topological polar surface area (TPSA) is 153 Å². The van der Waals surface area contributed by atoms with Gasteiger partial charge in [0.05, 0.1) is 0 Å². The number of nitrogens with zero attached hydrogens (tertiary/aromatic N) is 4. The number of rotatable bonds is 1. The normalized spacial score (nSPS) is 11.6. The Morgan fingerprint density at radius 2 is 1.56 bits per heavy atom. The van der Waals surface area contributed by atoms with Crippen LogP contribution in [0.2, 0.25) is 0 Å². The van der Waals surface area contributed by atoms with Crippen LogP contribution in [0, 0.1) is 24.1 Å². The molecule has 0 bridgehead atoms. The van der Waals surface area contributed by atoms with E-state index in [0.29, 0.717) is 18.1 Å². The molecule has 10 nitrogen and oxygen atoms in total. The zero-order valence-electron chi connectivity index (χ0n) is 15.5. The van der Waals surface area contributed by atoms with E-state index >= 15 is 0 Å². The lowest BCUT2D eigenvalue weighted by Gasteiger charge is -2.17. The summed E-state index contributed by atoms with van der Waals surface area (Å²) in [4.78, 5) is 28.6. The first-order valence-corrected chi connectivity index (χ1v) is 9.12. The summed E-state index contributed by atoms with van der Waals surface area (Å²) in [5.41, 5.74) is 3.88. The van der Waals surface area contributed by atoms with Crippen LogP contribution in [-0.4, -0.2) is 14.1 Å². The number of fused-ring (bicyclic) bond motifs is 2. The number of benzene rings is 1. The lowest BCUT2D eigenvalue weighted by molar-refractivity contribution is -2.00. The van der Waals surface area contributed by atoms with Crippen molar-refractivity contribution in [1.82, 2.24) is 14.1 Å². The van der Waals surface area contributed by atoms with Gasteiger partial charge in [-0.1, -0.05) is 0 Å². The number of hydrogen-bond acceptors (Lipinski definition) is 7. The summed E-state index contributed by atoms with van der Waals surface area (Å²) < 4.78 is 38.8. The lowest BCUT2D eigenvalue weighted by Crippen LogP contribution is -2.68. The van der Waals surface area contributed by atoms with Crippen LogP contribution in [0.4, 0.5) is 0 Å². The Bertz CT molecular complexity index is 1090. The average molecular weight is 399 g/mol. The van der Waals surface area contributed by atoms with Gasteiger partial charge in [0.1, 0.15) is 12.1 Å². The van der Waals surface area contributed by atoms with Gasteiger partial charge in [-0.15, -0.1) is 10.2 Å². The predicted molar refractivity (Wildman–Crippen MR) is 84.2 cm³/mol. The van der Waals surface area contributed by atoms with E-state index < -0.39 is 15.9 Å². The van der Waals surface area contributed by atoms with E-state index in [1.54, 1.807) is 0 Å². The van der Waals surface area contributed by atoms with Crippen LogP contribution in [0.1, 0.15) is 18.1 Å². The minimum absolute atomic E-state index is 0.312. The van der Waals surface area contributed by atoms with Crippen LogP contribution in [0.3, 0.4) is 0 Å². The molecule has 0 radical (unpaired) electrons. The summed E-state index contributed by atoms with van der Waals surface area (Å²) in [5.74, 6) is 0.422. The molecule has 0 atom stereocenters. The molecule has 0 unspecified atom stereocenters. The van der Waals surface area contributed by atoms with E-state index in [1.165, 1.54) is 12.6 Å². The molecule has 0 saturated heterocycles. The van der Waals surface area contributed by atoms with Gasteiger partial charge in [0.25, 0.3) is 0 Å². The summed E-state index contributed by atoms with van der Waals surface area (Å²) in [6.45, 7) is 6.71. The fourth-order valence-electron chi connectivity index (χ4n) is 2.86. The molecule has 27 heavy (non-hydrogen) atoms. The number of hydrogen-bond donors (Lipinski definition) is 0. The third kappa shape index (κ3) is 4.15. The molecule has 0 aliphatic carbocycles. The van der Waals surface area contributed by atoms with Gasteiger partial charge in [0.15, 0.2) is 0 Å². The van der Waals surface area contributed by atoms with E-state index in [-0.39, 0.29) is 5.56 Å². The molecule has 1 aromatic carbocycles. The first kappa shape index (κ1) is 20.9. The Hall–Kier alpha value is -2.37. The second-order valence-electron chi connectivity index (χ2n) is 6.04. The first-order valence-electron chi connectivity index (χ1n) is 7.89. The third-order valence-corrected chi connectivity index (χ3v) is 4.35. The van der Waals surface area contributed by atoms with Crippen molar-refractivity contribution in [3.05, 3.63) is 44.1 Å². The maximum Gasteiger partial charge on any atom is 0.352 e. The average Bonchev–Trinajstić information content (AvgIpc) is 2.54. The molecule has 11 heteroatoms. The second-order valence-corrected chi connectivity index (χ2v) is 6.79.